The molecule has 3 rings (SSSR count). The van der Waals surface area contributed by atoms with Crippen LogP contribution in [0, 0.1) is 17.8 Å². The van der Waals surface area contributed by atoms with Crippen molar-refractivity contribution in [1.82, 2.24) is 5.32 Å². The maximum absolute atomic E-state index is 3.89. The molecule has 1 N–H and O–H groups in total. The molecular formula is C15H27N. The third-order valence-corrected chi connectivity index (χ3v) is 5.41. The lowest BCUT2D eigenvalue weighted by atomic mass is 9.88. The molecule has 0 spiro atoms. The topological polar surface area (TPSA) is 12.0 Å². The van der Waals surface area contributed by atoms with Crippen LogP contribution in [-0.4, -0.2) is 12.6 Å². The zero-order valence-electron chi connectivity index (χ0n) is 10.6. The molecule has 3 unspecified atom stereocenters. The molecule has 3 aliphatic rings. The molecule has 0 heterocycles. The van der Waals surface area contributed by atoms with E-state index in [9.17, 15) is 0 Å². The van der Waals surface area contributed by atoms with Crippen LogP contribution in [0.25, 0.3) is 0 Å². The van der Waals surface area contributed by atoms with Crippen LogP contribution < -0.4 is 5.32 Å². The molecule has 1 heteroatoms. The van der Waals surface area contributed by atoms with E-state index in [0.29, 0.717) is 0 Å². The summed E-state index contributed by atoms with van der Waals surface area (Å²) >= 11 is 0. The Morgan fingerprint density at radius 2 is 1.62 bits per heavy atom. The lowest BCUT2D eigenvalue weighted by Crippen LogP contribution is -2.34. The van der Waals surface area contributed by atoms with Gasteiger partial charge < -0.3 is 5.32 Å². The van der Waals surface area contributed by atoms with Gasteiger partial charge in [-0.05, 0) is 56.4 Å². The number of hydrogen-bond acceptors (Lipinski definition) is 1. The normalized spacial score (nSPS) is 40.1. The molecule has 3 aliphatic carbocycles. The minimum absolute atomic E-state index is 0.863. The quantitative estimate of drug-likeness (QED) is 0.716. The maximum atomic E-state index is 3.89. The molecule has 2 bridgehead atoms. The van der Waals surface area contributed by atoms with Gasteiger partial charge in [-0.3, -0.25) is 0 Å². The number of nitrogens with one attached hydrogen (secondary N) is 1. The fraction of sp³-hybridized carbons (Fsp3) is 1.00. The molecule has 3 saturated carbocycles. The van der Waals surface area contributed by atoms with Crippen molar-refractivity contribution in [2.75, 3.05) is 6.54 Å². The largest absolute Gasteiger partial charge is 0.314 e. The van der Waals surface area contributed by atoms with Crippen LogP contribution in [0.4, 0.5) is 0 Å². The number of hydrogen-bond donors (Lipinski definition) is 1. The molecule has 0 aliphatic heterocycles. The predicted octanol–water partition coefficient (Wildman–Crippen LogP) is 3.74. The summed E-state index contributed by atoms with van der Waals surface area (Å²) in [4.78, 5) is 0. The van der Waals surface area contributed by atoms with Gasteiger partial charge in [-0.25, -0.2) is 0 Å². The van der Waals surface area contributed by atoms with Crippen molar-refractivity contribution < 1.29 is 0 Å². The molecule has 16 heavy (non-hydrogen) atoms. The second-order valence-corrected chi connectivity index (χ2v) is 6.53. The van der Waals surface area contributed by atoms with Crippen molar-refractivity contribution in [2.24, 2.45) is 17.8 Å². The van der Waals surface area contributed by atoms with Gasteiger partial charge in [-0.1, -0.05) is 32.1 Å². The fourth-order valence-corrected chi connectivity index (χ4v) is 4.43. The van der Waals surface area contributed by atoms with Crippen LogP contribution in [-0.2, 0) is 0 Å². The minimum atomic E-state index is 0.863. The molecular weight excluding hydrogens is 194 g/mol. The first-order valence-electron chi connectivity index (χ1n) is 7.65. The van der Waals surface area contributed by atoms with E-state index in [4.69, 9.17) is 0 Å². The molecule has 0 aromatic carbocycles. The molecule has 0 saturated heterocycles. The van der Waals surface area contributed by atoms with E-state index in [0.717, 1.165) is 23.8 Å². The first-order chi connectivity index (χ1) is 7.92. The summed E-state index contributed by atoms with van der Waals surface area (Å²) in [6, 6.07) is 0.863. The Morgan fingerprint density at radius 1 is 0.812 bits per heavy atom. The van der Waals surface area contributed by atoms with Crippen LogP contribution in [0.15, 0.2) is 0 Å². The van der Waals surface area contributed by atoms with Gasteiger partial charge in [-0.2, -0.15) is 0 Å². The van der Waals surface area contributed by atoms with Gasteiger partial charge in [-0.15, -0.1) is 0 Å². The predicted molar refractivity (Wildman–Crippen MR) is 68.4 cm³/mol. The van der Waals surface area contributed by atoms with E-state index in [-0.39, 0.29) is 0 Å². The lowest BCUT2D eigenvalue weighted by molar-refractivity contribution is 0.299. The SMILES string of the molecule is C1CCCC(NCC2CC3CCC2C3)CC1. The molecule has 0 aromatic rings. The maximum Gasteiger partial charge on any atom is 0.00671 e. The summed E-state index contributed by atoms with van der Waals surface area (Å²) in [5.74, 6) is 3.26. The Balaban J connectivity index is 1.42. The standard InChI is InChI=1S/C15H27N/c1-2-4-6-15(5-3-1)16-11-14-10-12-7-8-13(14)9-12/h12-16H,1-11H2. The summed E-state index contributed by atoms with van der Waals surface area (Å²) in [7, 11) is 0. The Bertz CT molecular complexity index is 217. The monoisotopic (exact) mass is 221 g/mol. The molecule has 92 valence electrons. The highest BCUT2D eigenvalue weighted by atomic mass is 14.9. The first-order valence-corrected chi connectivity index (χ1v) is 7.65. The van der Waals surface area contributed by atoms with E-state index in [1.54, 1.807) is 25.7 Å². The molecule has 1 nitrogen and oxygen atoms in total. The third-order valence-electron chi connectivity index (χ3n) is 5.41. The Morgan fingerprint density at radius 3 is 2.25 bits per heavy atom. The van der Waals surface area contributed by atoms with Crippen LogP contribution in [0.1, 0.15) is 64.2 Å². The Labute approximate surface area is 100 Å². The smallest absolute Gasteiger partial charge is 0.00671 e. The highest BCUT2D eigenvalue weighted by Crippen LogP contribution is 2.48. The van der Waals surface area contributed by atoms with Crippen LogP contribution in [0.3, 0.4) is 0 Å². The van der Waals surface area contributed by atoms with Crippen LogP contribution in [0.2, 0.25) is 0 Å². The van der Waals surface area contributed by atoms with Gasteiger partial charge in [0.15, 0.2) is 0 Å². The summed E-state index contributed by atoms with van der Waals surface area (Å²) < 4.78 is 0. The molecule has 0 aromatic heterocycles. The molecule has 0 radical (unpaired) electrons. The summed E-state index contributed by atoms with van der Waals surface area (Å²) in [6.07, 6.45) is 15.0. The van der Waals surface area contributed by atoms with Crippen molar-refractivity contribution in [3.8, 4) is 0 Å². The van der Waals surface area contributed by atoms with E-state index >= 15 is 0 Å². The van der Waals surface area contributed by atoms with Gasteiger partial charge in [0.1, 0.15) is 0 Å². The zero-order chi connectivity index (χ0) is 10.8. The van der Waals surface area contributed by atoms with Gasteiger partial charge in [0.25, 0.3) is 0 Å². The Kier molecular flexibility index (Phi) is 3.51. The minimum Gasteiger partial charge on any atom is -0.314 e. The third kappa shape index (κ3) is 2.45. The molecule has 3 fully saturated rings. The highest BCUT2D eigenvalue weighted by Gasteiger charge is 2.39. The van der Waals surface area contributed by atoms with Crippen molar-refractivity contribution >= 4 is 0 Å². The summed E-state index contributed by atoms with van der Waals surface area (Å²) in [6.45, 7) is 1.34. The summed E-state index contributed by atoms with van der Waals surface area (Å²) in [5, 5.41) is 3.89. The highest BCUT2D eigenvalue weighted by molar-refractivity contribution is 4.91. The fourth-order valence-electron chi connectivity index (χ4n) is 4.43. The summed E-state index contributed by atoms with van der Waals surface area (Å²) in [5.41, 5.74) is 0. The molecule has 3 atom stereocenters. The van der Waals surface area contributed by atoms with Crippen LogP contribution >= 0.6 is 0 Å². The zero-order valence-corrected chi connectivity index (χ0v) is 10.6. The second-order valence-electron chi connectivity index (χ2n) is 6.53. The van der Waals surface area contributed by atoms with Crippen LogP contribution in [0.5, 0.6) is 0 Å². The van der Waals surface area contributed by atoms with E-state index in [1.807, 2.05) is 0 Å². The number of rotatable bonds is 3. The average Bonchev–Trinajstić information content (AvgIpc) is 2.82. The van der Waals surface area contributed by atoms with E-state index in [1.165, 1.54) is 45.1 Å². The lowest BCUT2D eigenvalue weighted by Gasteiger charge is -2.25. The average molecular weight is 221 g/mol. The van der Waals surface area contributed by atoms with Gasteiger partial charge in [0, 0.05) is 6.04 Å². The van der Waals surface area contributed by atoms with Gasteiger partial charge >= 0.3 is 0 Å². The molecule has 0 amide bonds. The van der Waals surface area contributed by atoms with E-state index in [2.05, 4.69) is 5.32 Å². The van der Waals surface area contributed by atoms with Gasteiger partial charge in [0.2, 0.25) is 0 Å². The van der Waals surface area contributed by atoms with Crippen molar-refractivity contribution in [3.05, 3.63) is 0 Å². The first kappa shape index (κ1) is 11.1. The van der Waals surface area contributed by atoms with Gasteiger partial charge in [0.05, 0.1) is 0 Å². The second kappa shape index (κ2) is 5.08. The number of fused-ring (bicyclic) bond motifs is 2. The van der Waals surface area contributed by atoms with Crippen molar-refractivity contribution in [2.45, 2.75) is 70.3 Å². The van der Waals surface area contributed by atoms with Crippen molar-refractivity contribution in [3.63, 3.8) is 0 Å². The van der Waals surface area contributed by atoms with Crippen molar-refractivity contribution in [1.29, 1.82) is 0 Å². The Hall–Kier alpha value is -0.0400. The van der Waals surface area contributed by atoms with E-state index < -0.39 is 0 Å².